The monoisotopic (exact) mass is 290 g/mol. The lowest BCUT2D eigenvalue weighted by molar-refractivity contribution is 0.353. The van der Waals surface area contributed by atoms with Gasteiger partial charge in [0.05, 0.1) is 14.8 Å². The molecule has 0 atom stereocenters. The predicted octanol–water partition coefficient (Wildman–Crippen LogP) is 3.12. The molecule has 0 unspecified atom stereocenters. The van der Waals surface area contributed by atoms with Crippen LogP contribution in [0.25, 0.3) is 0 Å². The summed E-state index contributed by atoms with van der Waals surface area (Å²) in [4.78, 5) is 0. The maximum Gasteiger partial charge on any atom is 0.0789 e. The van der Waals surface area contributed by atoms with Crippen molar-refractivity contribution in [2.24, 2.45) is 0 Å². The quantitative estimate of drug-likeness (QED) is 0.727. The van der Waals surface area contributed by atoms with Gasteiger partial charge < -0.3 is 0 Å². The lowest BCUT2D eigenvalue weighted by Gasteiger charge is -2.18. The highest BCUT2D eigenvalue weighted by Gasteiger charge is 2.29. The summed E-state index contributed by atoms with van der Waals surface area (Å²) in [7, 11) is 0. The zero-order chi connectivity index (χ0) is 9.64. The summed E-state index contributed by atoms with van der Waals surface area (Å²) in [5.41, 5.74) is 1.43. The molecule has 0 amide bonds. The highest BCUT2D eigenvalue weighted by molar-refractivity contribution is 14.1. The molecule has 1 aromatic heterocycles. The van der Waals surface area contributed by atoms with E-state index in [2.05, 4.69) is 59.3 Å². The van der Waals surface area contributed by atoms with E-state index in [1.54, 1.807) is 0 Å². The summed E-state index contributed by atoms with van der Waals surface area (Å²) in [6.45, 7) is 6.56. The van der Waals surface area contributed by atoms with Crippen molar-refractivity contribution < 1.29 is 0 Å². The highest BCUT2D eigenvalue weighted by Crippen LogP contribution is 2.41. The van der Waals surface area contributed by atoms with Crippen LogP contribution >= 0.6 is 22.6 Å². The van der Waals surface area contributed by atoms with Gasteiger partial charge in [-0.3, -0.25) is 4.68 Å². The molecule has 13 heavy (non-hydrogen) atoms. The fourth-order valence-electron chi connectivity index (χ4n) is 1.34. The average molecular weight is 290 g/mol. The van der Waals surface area contributed by atoms with E-state index in [0.29, 0.717) is 0 Å². The smallest absolute Gasteiger partial charge is 0.0789 e. The van der Waals surface area contributed by atoms with Crippen LogP contribution in [0.15, 0.2) is 6.20 Å². The Hall–Kier alpha value is -0.0600. The number of halogens is 1. The lowest BCUT2D eigenvalue weighted by atomic mass is 10.1. The van der Waals surface area contributed by atoms with Gasteiger partial charge in [0.15, 0.2) is 0 Å². The summed E-state index contributed by atoms with van der Waals surface area (Å²) < 4.78 is 3.41. The van der Waals surface area contributed by atoms with E-state index in [1.165, 1.54) is 22.1 Å². The van der Waals surface area contributed by atoms with Crippen molar-refractivity contribution in [3.8, 4) is 0 Å². The predicted molar refractivity (Wildman–Crippen MR) is 61.9 cm³/mol. The van der Waals surface area contributed by atoms with E-state index in [0.717, 1.165) is 5.92 Å². The van der Waals surface area contributed by atoms with Gasteiger partial charge in [-0.05, 0) is 56.2 Å². The molecule has 0 spiro atoms. The zero-order valence-corrected chi connectivity index (χ0v) is 10.5. The van der Waals surface area contributed by atoms with Gasteiger partial charge >= 0.3 is 0 Å². The van der Waals surface area contributed by atoms with Crippen LogP contribution in [-0.2, 0) is 5.54 Å². The first-order chi connectivity index (χ1) is 5.98. The standard InChI is InChI=1S/C10H15IN2/c1-10(2,3)13-6-8(11)9(12-13)7-4-5-7/h6-7H,4-5H2,1-3H3. The zero-order valence-electron chi connectivity index (χ0n) is 8.34. The SMILES string of the molecule is CC(C)(C)n1cc(I)c(C2CC2)n1. The second-order valence-corrected chi connectivity index (χ2v) is 5.91. The van der Waals surface area contributed by atoms with Crippen LogP contribution in [0.1, 0.15) is 45.2 Å². The van der Waals surface area contributed by atoms with Crippen molar-refractivity contribution in [3.05, 3.63) is 15.5 Å². The number of hydrogen-bond acceptors (Lipinski definition) is 1. The van der Waals surface area contributed by atoms with Gasteiger partial charge in [-0.25, -0.2) is 0 Å². The van der Waals surface area contributed by atoms with E-state index < -0.39 is 0 Å². The largest absolute Gasteiger partial charge is 0.266 e. The summed E-state index contributed by atoms with van der Waals surface area (Å²) in [5.74, 6) is 0.760. The van der Waals surface area contributed by atoms with Crippen LogP contribution < -0.4 is 0 Å². The Morgan fingerprint density at radius 2 is 2.08 bits per heavy atom. The molecule has 0 aliphatic heterocycles. The minimum absolute atomic E-state index is 0.118. The number of aromatic nitrogens is 2. The first-order valence-corrected chi connectivity index (χ1v) is 5.82. The molecule has 0 radical (unpaired) electrons. The molecule has 3 heteroatoms. The van der Waals surface area contributed by atoms with Gasteiger partial charge in [0, 0.05) is 12.1 Å². The Morgan fingerprint density at radius 3 is 2.46 bits per heavy atom. The summed E-state index contributed by atoms with van der Waals surface area (Å²) in [5, 5.41) is 4.65. The fraction of sp³-hybridized carbons (Fsp3) is 0.700. The minimum atomic E-state index is 0.118. The third-order valence-electron chi connectivity index (χ3n) is 2.35. The number of rotatable bonds is 1. The molecule has 2 rings (SSSR count). The molecule has 0 bridgehead atoms. The Balaban J connectivity index is 2.34. The Bertz CT molecular complexity index is 318. The fourth-order valence-corrected chi connectivity index (χ4v) is 2.16. The molecule has 72 valence electrons. The van der Waals surface area contributed by atoms with Gasteiger partial charge in [0.25, 0.3) is 0 Å². The van der Waals surface area contributed by atoms with Crippen molar-refractivity contribution >= 4 is 22.6 Å². The van der Waals surface area contributed by atoms with Crippen LogP contribution in [0.4, 0.5) is 0 Å². The third kappa shape index (κ3) is 1.90. The molecule has 0 saturated heterocycles. The molecular weight excluding hydrogens is 275 g/mol. The van der Waals surface area contributed by atoms with Crippen molar-refractivity contribution in [3.63, 3.8) is 0 Å². The third-order valence-corrected chi connectivity index (χ3v) is 3.18. The first kappa shape index (κ1) is 9.49. The van der Waals surface area contributed by atoms with Gasteiger partial charge in [0.1, 0.15) is 0 Å². The lowest BCUT2D eigenvalue weighted by Crippen LogP contribution is -2.22. The maximum atomic E-state index is 4.65. The van der Waals surface area contributed by atoms with Crippen molar-refractivity contribution in [1.29, 1.82) is 0 Å². The van der Waals surface area contributed by atoms with Gasteiger partial charge in [-0.1, -0.05) is 0 Å². The van der Waals surface area contributed by atoms with Gasteiger partial charge in [-0.2, -0.15) is 5.10 Å². The Labute approximate surface area is 92.8 Å². The highest BCUT2D eigenvalue weighted by atomic mass is 127. The van der Waals surface area contributed by atoms with Gasteiger partial charge in [0.2, 0.25) is 0 Å². The van der Waals surface area contributed by atoms with E-state index in [9.17, 15) is 0 Å². The normalized spacial score (nSPS) is 17.8. The Kier molecular flexibility index (Phi) is 2.17. The molecule has 2 nitrogen and oxygen atoms in total. The summed E-state index contributed by atoms with van der Waals surface area (Å²) in [6.07, 6.45) is 4.82. The molecule has 1 aliphatic carbocycles. The topological polar surface area (TPSA) is 17.8 Å². The number of hydrogen-bond donors (Lipinski definition) is 0. The van der Waals surface area contributed by atoms with Gasteiger partial charge in [-0.15, -0.1) is 0 Å². The van der Waals surface area contributed by atoms with E-state index in [4.69, 9.17) is 0 Å². The van der Waals surface area contributed by atoms with E-state index in [-0.39, 0.29) is 5.54 Å². The molecular formula is C10H15IN2. The minimum Gasteiger partial charge on any atom is -0.266 e. The summed E-state index contributed by atoms with van der Waals surface area (Å²) in [6, 6.07) is 0. The number of nitrogens with zero attached hydrogens (tertiary/aromatic N) is 2. The Morgan fingerprint density at radius 1 is 1.46 bits per heavy atom. The molecule has 1 saturated carbocycles. The second kappa shape index (κ2) is 2.97. The van der Waals surface area contributed by atoms with E-state index >= 15 is 0 Å². The second-order valence-electron chi connectivity index (χ2n) is 4.75. The van der Waals surface area contributed by atoms with E-state index in [1.807, 2.05) is 0 Å². The van der Waals surface area contributed by atoms with Crippen molar-refractivity contribution in [2.45, 2.75) is 45.1 Å². The van der Waals surface area contributed by atoms with Crippen molar-refractivity contribution in [1.82, 2.24) is 9.78 Å². The average Bonchev–Trinajstić information content (AvgIpc) is 2.73. The molecule has 1 aliphatic rings. The summed E-state index contributed by atoms with van der Waals surface area (Å²) >= 11 is 2.39. The van der Waals surface area contributed by atoms with Crippen LogP contribution in [0.5, 0.6) is 0 Å². The molecule has 1 aromatic rings. The van der Waals surface area contributed by atoms with Crippen LogP contribution in [0.2, 0.25) is 0 Å². The van der Waals surface area contributed by atoms with Crippen LogP contribution in [0.3, 0.4) is 0 Å². The molecule has 0 N–H and O–H groups in total. The maximum absolute atomic E-state index is 4.65. The van der Waals surface area contributed by atoms with Crippen LogP contribution in [0, 0.1) is 3.57 Å². The van der Waals surface area contributed by atoms with Crippen molar-refractivity contribution in [2.75, 3.05) is 0 Å². The molecule has 0 aromatic carbocycles. The first-order valence-electron chi connectivity index (χ1n) is 4.74. The molecule has 1 heterocycles. The molecule has 1 fully saturated rings. The van der Waals surface area contributed by atoms with Crippen LogP contribution in [-0.4, -0.2) is 9.78 Å².